The van der Waals surface area contributed by atoms with Crippen LogP contribution in [0.4, 0.5) is 22.9 Å². The van der Waals surface area contributed by atoms with Crippen molar-refractivity contribution in [2.45, 2.75) is 0 Å². The fourth-order valence-corrected chi connectivity index (χ4v) is 3.63. The van der Waals surface area contributed by atoms with Gasteiger partial charge in [-0.15, -0.1) is 10.2 Å². The lowest BCUT2D eigenvalue weighted by atomic mass is 10.0. The first-order valence-electron chi connectivity index (χ1n) is 10.9. The summed E-state index contributed by atoms with van der Waals surface area (Å²) in [5.74, 6) is -1.83. The third-order valence-electron chi connectivity index (χ3n) is 5.36. The molecule has 0 aliphatic heterocycles. The molecule has 184 valence electrons. The second-order valence-electron chi connectivity index (χ2n) is 7.69. The molecule has 5 aromatic rings. The van der Waals surface area contributed by atoms with Crippen LogP contribution in [0.1, 0.15) is 20.8 Å². The molecule has 0 bridgehead atoms. The molecule has 0 spiro atoms. The van der Waals surface area contributed by atoms with Gasteiger partial charge in [-0.3, -0.25) is 9.59 Å². The lowest BCUT2D eigenvalue weighted by Crippen LogP contribution is -2.19. The summed E-state index contributed by atoms with van der Waals surface area (Å²) in [6.07, 6.45) is 5.68. The number of aromatic nitrogens is 5. The van der Waals surface area contributed by atoms with Crippen molar-refractivity contribution in [3.05, 3.63) is 96.0 Å². The number of nitrogens with two attached hydrogens (primary N) is 1. The van der Waals surface area contributed by atoms with Crippen LogP contribution in [0.2, 0.25) is 0 Å². The number of pyridine rings is 1. The van der Waals surface area contributed by atoms with Gasteiger partial charge >= 0.3 is 0 Å². The maximum Gasteiger partial charge on any atom is 0.269 e. The molecule has 0 saturated heterocycles. The number of aromatic hydroxyl groups is 1. The van der Waals surface area contributed by atoms with E-state index in [0.29, 0.717) is 10.8 Å². The van der Waals surface area contributed by atoms with Gasteiger partial charge in [-0.05, 0) is 29.7 Å². The predicted molar refractivity (Wildman–Crippen MR) is 136 cm³/mol. The molecular formula is C25H16N10O3. The summed E-state index contributed by atoms with van der Waals surface area (Å²) >= 11 is 0. The van der Waals surface area contributed by atoms with Crippen molar-refractivity contribution in [1.82, 2.24) is 24.7 Å². The SMILES string of the molecule is [C-]#[N+]c1cnn(-c2ncccn2)c1N=Nc1c(O)c(C(=O)Nc2cccnc2C(N)=O)cc2ccccc12. The van der Waals surface area contributed by atoms with Crippen LogP contribution in [0.25, 0.3) is 21.6 Å². The van der Waals surface area contributed by atoms with Gasteiger partial charge < -0.3 is 16.2 Å². The summed E-state index contributed by atoms with van der Waals surface area (Å²) in [4.78, 5) is 40.4. The highest BCUT2D eigenvalue weighted by Crippen LogP contribution is 2.40. The molecule has 2 aromatic carbocycles. The number of azo groups is 1. The first kappa shape index (κ1) is 23.7. The molecule has 0 aliphatic rings. The van der Waals surface area contributed by atoms with Gasteiger partial charge in [0.05, 0.1) is 24.0 Å². The third kappa shape index (κ3) is 4.36. The van der Waals surface area contributed by atoms with Crippen molar-refractivity contribution < 1.29 is 14.7 Å². The Morgan fingerprint density at radius 1 is 1.03 bits per heavy atom. The minimum Gasteiger partial charge on any atom is -0.505 e. The third-order valence-corrected chi connectivity index (χ3v) is 5.36. The van der Waals surface area contributed by atoms with E-state index in [0.717, 1.165) is 0 Å². The van der Waals surface area contributed by atoms with E-state index in [1.54, 1.807) is 30.3 Å². The normalized spacial score (nSPS) is 10.9. The Kier molecular flexibility index (Phi) is 6.18. The van der Waals surface area contributed by atoms with E-state index in [9.17, 15) is 14.7 Å². The molecule has 3 aromatic heterocycles. The van der Waals surface area contributed by atoms with Crippen LogP contribution in [0, 0.1) is 6.57 Å². The zero-order valence-corrected chi connectivity index (χ0v) is 19.3. The number of amides is 2. The van der Waals surface area contributed by atoms with E-state index in [2.05, 4.69) is 40.4 Å². The summed E-state index contributed by atoms with van der Waals surface area (Å²) in [5.41, 5.74) is 5.22. The molecule has 0 radical (unpaired) electrons. The number of hydrogen-bond donors (Lipinski definition) is 3. The van der Waals surface area contributed by atoms with Crippen molar-refractivity contribution in [2.75, 3.05) is 5.32 Å². The van der Waals surface area contributed by atoms with Crippen molar-refractivity contribution >= 4 is 45.5 Å². The lowest BCUT2D eigenvalue weighted by molar-refractivity contribution is 0.0996. The predicted octanol–water partition coefficient (Wildman–Crippen LogP) is 4.23. The van der Waals surface area contributed by atoms with Crippen molar-refractivity contribution in [1.29, 1.82) is 0 Å². The molecule has 5 rings (SSSR count). The molecule has 38 heavy (non-hydrogen) atoms. The number of carbonyl (C=O) groups is 2. The van der Waals surface area contributed by atoms with Crippen LogP contribution in [-0.4, -0.2) is 41.7 Å². The van der Waals surface area contributed by atoms with Gasteiger partial charge in [0.25, 0.3) is 23.5 Å². The largest absolute Gasteiger partial charge is 0.505 e. The Labute approximate surface area is 214 Å². The van der Waals surface area contributed by atoms with Crippen LogP contribution in [0.15, 0.2) is 83.5 Å². The zero-order chi connectivity index (χ0) is 26.6. The van der Waals surface area contributed by atoms with Gasteiger partial charge in [0.15, 0.2) is 17.3 Å². The summed E-state index contributed by atoms with van der Waals surface area (Å²) in [5, 5.41) is 27.3. The minimum absolute atomic E-state index is 0.0211. The van der Waals surface area contributed by atoms with Crippen LogP contribution in [-0.2, 0) is 0 Å². The Balaban J connectivity index is 1.61. The highest BCUT2D eigenvalue weighted by atomic mass is 16.3. The standard InChI is InChI=1S/C25H16N10O3/c1-27-18-13-31-35(25-29-10-5-11-30-25)23(18)34-33-19-15-7-3-2-6-14(15)12-16(21(19)36)24(38)32-17-8-4-9-28-20(17)22(26)37/h2-13,36H,(H2,26,37)(H,32,38). The lowest BCUT2D eigenvalue weighted by Gasteiger charge is -2.12. The van der Waals surface area contributed by atoms with E-state index in [1.165, 1.54) is 47.7 Å². The van der Waals surface area contributed by atoms with E-state index < -0.39 is 17.6 Å². The number of carbonyl (C=O) groups excluding carboxylic acids is 2. The topological polar surface area (TPSA) is 178 Å². The Morgan fingerprint density at radius 2 is 1.79 bits per heavy atom. The highest BCUT2D eigenvalue weighted by Gasteiger charge is 2.21. The molecule has 13 heteroatoms. The van der Waals surface area contributed by atoms with Gasteiger partial charge in [0.1, 0.15) is 5.69 Å². The number of nitrogens with one attached hydrogen (secondary N) is 1. The van der Waals surface area contributed by atoms with Crippen molar-refractivity contribution in [3.8, 4) is 11.7 Å². The molecule has 0 aliphatic carbocycles. The fourth-order valence-electron chi connectivity index (χ4n) is 3.63. The number of phenolic OH excluding ortho intramolecular Hbond substituents is 1. The average Bonchev–Trinajstić information content (AvgIpc) is 3.35. The summed E-state index contributed by atoms with van der Waals surface area (Å²) in [6.45, 7) is 7.45. The number of phenols is 1. The minimum atomic E-state index is -0.826. The second kappa shape index (κ2) is 9.91. The molecule has 0 atom stereocenters. The van der Waals surface area contributed by atoms with Gasteiger partial charge in [-0.25, -0.2) is 19.8 Å². The maximum atomic E-state index is 13.2. The first-order valence-corrected chi connectivity index (χ1v) is 10.9. The first-order chi connectivity index (χ1) is 18.5. The molecule has 13 nitrogen and oxygen atoms in total. The van der Waals surface area contributed by atoms with E-state index in [-0.39, 0.29) is 40.1 Å². The zero-order valence-electron chi connectivity index (χ0n) is 19.3. The van der Waals surface area contributed by atoms with Gasteiger partial charge in [-0.2, -0.15) is 9.78 Å². The van der Waals surface area contributed by atoms with Crippen LogP contribution in [0.3, 0.4) is 0 Å². The highest BCUT2D eigenvalue weighted by molar-refractivity contribution is 6.13. The Morgan fingerprint density at radius 3 is 2.55 bits per heavy atom. The fraction of sp³-hybridized carbons (Fsp3) is 0. The van der Waals surface area contributed by atoms with Crippen LogP contribution in [0.5, 0.6) is 5.75 Å². The second-order valence-corrected chi connectivity index (χ2v) is 7.69. The number of fused-ring (bicyclic) bond motifs is 1. The van der Waals surface area contributed by atoms with E-state index in [1.807, 2.05) is 0 Å². The molecule has 3 heterocycles. The number of primary amides is 1. The van der Waals surface area contributed by atoms with E-state index >= 15 is 0 Å². The number of benzene rings is 2. The van der Waals surface area contributed by atoms with Gasteiger partial charge in [-0.1, -0.05) is 24.3 Å². The number of hydrogen-bond acceptors (Lipinski definition) is 9. The Hall–Kier alpha value is -6.03. The van der Waals surface area contributed by atoms with Gasteiger partial charge in [0.2, 0.25) is 0 Å². The maximum absolute atomic E-state index is 13.2. The average molecular weight is 504 g/mol. The van der Waals surface area contributed by atoms with Crippen LogP contribution >= 0.6 is 0 Å². The number of anilines is 1. The summed E-state index contributed by atoms with van der Waals surface area (Å²) in [6, 6.07) is 13.0. The molecule has 0 unspecified atom stereocenters. The molecular weight excluding hydrogens is 488 g/mol. The number of rotatable bonds is 6. The Bertz CT molecular complexity index is 1770. The van der Waals surface area contributed by atoms with Crippen molar-refractivity contribution in [2.24, 2.45) is 16.0 Å². The quantitative estimate of drug-likeness (QED) is 0.229. The molecule has 2 amide bonds. The monoisotopic (exact) mass is 504 g/mol. The van der Waals surface area contributed by atoms with Gasteiger partial charge in [0, 0.05) is 24.0 Å². The van der Waals surface area contributed by atoms with E-state index in [4.69, 9.17) is 12.3 Å². The van der Waals surface area contributed by atoms with Crippen molar-refractivity contribution in [3.63, 3.8) is 0 Å². The number of nitrogens with zero attached hydrogens (tertiary/aromatic N) is 8. The summed E-state index contributed by atoms with van der Waals surface area (Å²) < 4.78 is 1.24. The van der Waals surface area contributed by atoms with Crippen LogP contribution < -0.4 is 11.1 Å². The molecule has 4 N–H and O–H groups in total. The summed E-state index contributed by atoms with van der Waals surface area (Å²) in [7, 11) is 0. The molecule has 0 saturated carbocycles. The smallest absolute Gasteiger partial charge is 0.269 e. The molecule has 0 fully saturated rings.